The summed E-state index contributed by atoms with van der Waals surface area (Å²) in [5.74, 6) is 0.959. The number of hydrogen-bond acceptors (Lipinski definition) is 5. The molecular formula is C12H16N4O2S. The molecule has 1 N–H and O–H groups in total. The molecule has 1 fully saturated rings. The van der Waals surface area contributed by atoms with Crippen molar-refractivity contribution in [1.82, 2.24) is 14.6 Å². The minimum Gasteiger partial charge on any atom is -0.349 e. The number of aromatic nitrogens is 3. The van der Waals surface area contributed by atoms with E-state index in [-0.39, 0.29) is 11.8 Å². The van der Waals surface area contributed by atoms with Gasteiger partial charge in [-0.25, -0.2) is 12.9 Å². The average molecular weight is 280 g/mol. The lowest BCUT2D eigenvalue weighted by Crippen LogP contribution is -2.35. The highest BCUT2D eigenvalue weighted by atomic mass is 32.2. The van der Waals surface area contributed by atoms with Crippen LogP contribution in [-0.2, 0) is 9.84 Å². The van der Waals surface area contributed by atoms with Gasteiger partial charge in [-0.1, -0.05) is 6.07 Å². The summed E-state index contributed by atoms with van der Waals surface area (Å²) < 4.78 is 24.9. The highest BCUT2D eigenvalue weighted by Gasteiger charge is 2.25. The molecule has 0 bridgehead atoms. The summed E-state index contributed by atoms with van der Waals surface area (Å²) in [4.78, 5) is 4.40. The molecule has 1 aliphatic rings. The fraction of sp³-hybridized carbons (Fsp3) is 0.500. The molecule has 0 amide bonds. The van der Waals surface area contributed by atoms with Gasteiger partial charge in [0.1, 0.15) is 0 Å². The van der Waals surface area contributed by atoms with Gasteiger partial charge >= 0.3 is 0 Å². The first kappa shape index (κ1) is 12.4. The minimum absolute atomic E-state index is 0.0866. The fourth-order valence-corrected chi connectivity index (χ4v) is 4.06. The second-order valence-electron chi connectivity index (χ2n) is 4.99. The number of anilines is 1. The van der Waals surface area contributed by atoms with Gasteiger partial charge in [0.25, 0.3) is 0 Å². The average Bonchev–Trinajstić information content (AvgIpc) is 2.71. The Bertz CT molecular complexity index is 708. The lowest BCUT2D eigenvalue weighted by atomic mass is 10.2. The van der Waals surface area contributed by atoms with Gasteiger partial charge in [0, 0.05) is 12.2 Å². The first-order valence-electron chi connectivity index (χ1n) is 6.32. The van der Waals surface area contributed by atoms with E-state index in [1.807, 2.05) is 25.3 Å². The molecule has 0 spiro atoms. The first-order chi connectivity index (χ1) is 9.03. The molecule has 102 valence electrons. The molecule has 3 heterocycles. The van der Waals surface area contributed by atoms with Gasteiger partial charge in [-0.2, -0.15) is 4.98 Å². The summed E-state index contributed by atoms with van der Waals surface area (Å²) in [7, 11) is -2.92. The molecule has 1 aliphatic heterocycles. The van der Waals surface area contributed by atoms with E-state index < -0.39 is 9.84 Å². The SMILES string of the molecule is Cc1cccn2nc(NC3CCCS(=O)(=O)C3)nc12. The quantitative estimate of drug-likeness (QED) is 0.889. The molecule has 0 aliphatic carbocycles. The van der Waals surface area contributed by atoms with E-state index in [1.165, 1.54) is 0 Å². The van der Waals surface area contributed by atoms with Crippen molar-refractivity contribution in [2.45, 2.75) is 25.8 Å². The number of nitrogens with one attached hydrogen (secondary N) is 1. The second kappa shape index (κ2) is 4.48. The van der Waals surface area contributed by atoms with Crippen LogP contribution in [0.3, 0.4) is 0 Å². The summed E-state index contributed by atoms with van der Waals surface area (Å²) in [5.41, 5.74) is 1.84. The molecule has 3 rings (SSSR count). The van der Waals surface area contributed by atoms with E-state index in [1.54, 1.807) is 4.52 Å². The van der Waals surface area contributed by atoms with E-state index in [4.69, 9.17) is 0 Å². The van der Waals surface area contributed by atoms with Gasteiger partial charge in [-0.3, -0.25) is 0 Å². The number of nitrogens with zero attached hydrogens (tertiary/aromatic N) is 3. The van der Waals surface area contributed by atoms with Gasteiger partial charge in [0.05, 0.1) is 11.5 Å². The lowest BCUT2D eigenvalue weighted by molar-refractivity contribution is 0.561. The van der Waals surface area contributed by atoms with Crippen molar-refractivity contribution in [1.29, 1.82) is 0 Å². The highest BCUT2D eigenvalue weighted by molar-refractivity contribution is 7.91. The van der Waals surface area contributed by atoms with E-state index in [0.29, 0.717) is 18.1 Å². The van der Waals surface area contributed by atoms with E-state index in [2.05, 4.69) is 15.4 Å². The minimum atomic E-state index is -2.92. The Morgan fingerprint density at radius 3 is 3.05 bits per heavy atom. The maximum Gasteiger partial charge on any atom is 0.243 e. The molecule has 1 unspecified atom stereocenters. The molecular weight excluding hydrogens is 264 g/mol. The van der Waals surface area contributed by atoms with Crippen molar-refractivity contribution in [3.63, 3.8) is 0 Å². The smallest absolute Gasteiger partial charge is 0.243 e. The number of pyridine rings is 1. The van der Waals surface area contributed by atoms with Crippen LogP contribution in [0.4, 0.5) is 5.95 Å². The zero-order chi connectivity index (χ0) is 13.5. The van der Waals surface area contributed by atoms with E-state index in [9.17, 15) is 8.42 Å². The molecule has 2 aromatic rings. The van der Waals surface area contributed by atoms with E-state index in [0.717, 1.165) is 17.6 Å². The molecule has 1 atom stereocenters. The van der Waals surface area contributed by atoms with E-state index >= 15 is 0 Å². The molecule has 0 radical (unpaired) electrons. The number of fused-ring (bicyclic) bond motifs is 1. The van der Waals surface area contributed by atoms with Gasteiger partial charge in [-0.05, 0) is 31.4 Å². The largest absolute Gasteiger partial charge is 0.349 e. The van der Waals surface area contributed by atoms with Crippen molar-refractivity contribution < 1.29 is 8.42 Å². The number of sulfone groups is 1. The number of hydrogen-bond donors (Lipinski definition) is 1. The van der Waals surface area contributed by atoms with Crippen molar-refractivity contribution in [2.24, 2.45) is 0 Å². The normalized spacial score (nSPS) is 22.5. The third-order valence-corrected chi connectivity index (χ3v) is 5.17. The molecule has 19 heavy (non-hydrogen) atoms. The summed E-state index contributed by atoms with van der Waals surface area (Å²) >= 11 is 0. The summed E-state index contributed by atoms with van der Waals surface area (Å²) in [6.07, 6.45) is 3.37. The maximum atomic E-state index is 11.6. The first-order valence-corrected chi connectivity index (χ1v) is 8.15. The van der Waals surface area contributed by atoms with Crippen LogP contribution in [0.5, 0.6) is 0 Å². The molecule has 0 saturated carbocycles. The maximum absolute atomic E-state index is 11.6. The van der Waals surface area contributed by atoms with Gasteiger partial charge in [0.15, 0.2) is 15.5 Å². The number of rotatable bonds is 2. The molecule has 6 nitrogen and oxygen atoms in total. The third kappa shape index (κ3) is 2.56. The molecule has 7 heteroatoms. The van der Waals surface area contributed by atoms with Crippen LogP contribution in [0.15, 0.2) is 18.3 Å². The van der Waals surface area contributed by atoms with Gasteiger partial charge in [0.2, 0.25) is 5.95 Å². The van der Waals surface area contributed by atoms with Crippen molar-refractivity contribution in [3.8, 4) is 0 Å². The molecule has 0 aromatic carbocycles. The Hall–Kier alpha value is -1.63. The monoisotopic (exact) mass is 280 g/mol. The molecule has 1 saturated heterocycles. The van der Waals surface area contributed by atoms with Crippen molar-refractivity contribution >= 4 is 21.4 Å². The zero-order valence-corrected chi connectivity index (χ0v) is 11.5. The van der Waals surface area contributed by atoms with Crippen LogP contribution < -0.4 is 5.32 Å². The summed E-state index contributed by atoms with van der Waals surface area (Å²) in [5, 5.41) is 7.45. The zero-order valence-electron chi connectivity index (χ0n) is 10.7. The summed E-state index contributed by atoms with van der Waals surface area (Å²) in [6, 6.07) is 3.79. The predicted molar refractivity (Wildman–Crippen MR) is 73.0 cm³/mol. The van der Waals surface area contributed by atoms with Gasteiger partial charge < -0.3 is 5.32 Å². The highest BCUT2D eigenvalue weighted by Crippen LogP contribution is 2.16. The Balaban J connectivity index is 1.84. The molecule has 2 aromatic heterocycles. The van der Waals surface area contributed by atoms with Crippen molar-refractivity contribution in [2.75, 3.05) is 16.8 Å². The predicted octanol–water partition coefficient (Wildman–Crippen LogP) is 1.03. The second-order valence-corrected chi connectivity index (χ2v) is 7.22. The Morgan fingerprint density at radius 2 is 2.32 bits per heavy atom. The van der Waals surface area contributed by atoms with Crippen LogP contribution in [0, 0.1) is 6.92 Å². The lowest BCUT2D eigenvalue weighted by Gasteiger charge is -2.22. The van der Waals surface area contributed by atoms with Gasteiger partial charge in [-0.15, -0.1) is 5.10 Å². The van der Waals surface area contributed by atoms with Crippen LogP contribution >= 0.6 is 0 Å². The fourth-order valence-electron chi connectivity index (χ4n) is 2.42. The number of aryl methyl sites for hydroxylation is 1. The Kier molecular flexibility index (Phi) is 2.93. The van der Waals surface area contributed by atoms with Crippen molar-refractivity contribution in [3.05, 3.63) is 23.9 Å². The van der Waals surface area contributed by atoms with Crippen LogP contribution in [0.2, 0.25) is 0 Å². The van der Waals surface area contributed by atoms with Crippen LogP contribution in [-0.4, -0.2) is 40.6 Å². The van der Waals surface area contributed by atoms with Crippen LogP contribution in [0.1, 0.15) is 18.4 Å². The third-order valence-electron chi connectivity index (χ3n) is 3.35. The Labute approximate surface area is 111 Å². The summed E-state index contributed by atoms with van der Waals surface area (Å²) in [6.45, 7) is 1.97. The Morgan fingerprint density at radius 1 is 1.47 bits per heavy atom. The van der Waals surface area contributed by atoms with Crippen LogP contribution in [0.25, 0.3) is 5.65 Å². The standard InChI is InChI=1S/C12H16N4O2S/c1-9-4-2-6-16-11(9)14-12(15-16)13-10-5-3-7-19(17,18)8-10/h2,4,6,10H,3,5,7-8H2,1H3,(H,13,15). The topological polar surface area (TPSA) is 76.4 Å².